The summed E-state index contributed by atoms with van der Waals surface area (Å²) in [4.78, 5) is 4.07. The van der Waals surface area contributed by atoms with E-state index in [2.05, 4.69) is 10.3 Å². The molecule has 0 bridgehead atoms. The lowest BCUT2D eigenvalue weighted by Gasteiger charge is -2.30. The zero-order chi connectivity index (χ0) is 16.0. The van der Waals surface area contributed by atoms with Crippen LogP contribution in [0, 0.1) is 0 Å². The first kappa shape index (κ1) is 17.1. The molecule has 1 N–H and O–H groups in total. The maximum atomic E-state index is 12.7. The predicted molar refractivity (Wildman–Crippen MR) is 90.1 cm³/mol. The lowest BCUT2D eigenvalue weighted by Crippen LogP contribution is -2.47. The highest BCUT2D eigenvalue weighted by molar-refractivity contribution is 7.89. The van der Waals surface area contributed by atoms with Crippen LogP contribution in [0.3, 0.4) is 0 Å². The quantitative estimate of drug-likeness (QED) is 0.855. The number of nitrogens with one attached hydrogen (secondary N) is 1. The van der Waals surface area contributed by atoms with Crippen molar-refractivity contribution >= 4 is 22.2 Å². The van der Waals surface area contributed by atoms with Gasteiger partial charge in [-0.05, 0) is 49.7 Å². The topological polar surface area (TPSA) is 62.3 Å². The fraction of sp³-hybridized carbons (Fsp3) is 0.562. The molecule has 1 aromatic rings. The Morgan fingerprint density at radius 3 is 3.00 bits per heavy atom. The lowest BCUT2D eigenvalue weighted by molar-refractivity contribution is 0.302. The minimum absolute atomic E-state index is 0.00616. The molecule has 0 saturated carbocycles. The van der Waals surface area contributed by atoms with Crippen molar-refractivity contribution in [3.05, 3.63) is 28.9 Å². The number of aromatic nitrogens is 1. The van der Waals surface area contributed by atoms with Crippen LogP contribution in [-0.2, 0) is 10.0 Å². The standard InChI is InChI=1S/C16H25N3O2S/c1-3-15-13-18-9-6-16(15)7-11-22(20,21)19-10-5-4-8-17-12-14(19)2/h3,6-7,9,13-14,17H,4-5,8,10-12H2,1-2H3/b15-3-,16-7-/t14-/m1/s1. The van der Waals surface area contributed by atoms with Crippen molar-refractivity contribution in [3.63, 3.8) is 0 Å². The Morgan fingerprint density at radius 1 is 1.41 bits per heavy atom. The minimum Gasteiger partial charge on any atom is -0.315 e. The molecule has 1 fully saturated rings. The van der Waals surface area contributed by atoms with Gasteiger partial charge >= 0.3 is 0 Å². The Kier molecular flexibility index (Phi) is 6.11. The fourth-order valence-corrected chi connectivity index (χ4v) is 4.31. The van der Waals surface area contributed by atoms with Crippen molar-refractivity contribution in [1.29, 1.82) is 0 Å². The molecule has 2 heterocycles. The van der Waals surface area contributed by atoms with E-state index in [1.165, 1.54) is 0 Å². The second-order valence-corrected chi connectivity index (χ2v) is 7.61. The Hall–Kier alpha value is -1.24. The molecule has 1 aliphatic heterocycles. The summed E-state index contributed by atoms with van der Waals surface area (Å²) in [6.45, 7) is 6.18. The van der Waals surface area contributed by atoms with Gasteiger partial charge in [0.05, 0.1) is 5.75 Å². The average molecular weight is 323 g/mol. The highest BCUT2D eigenvalue weighted by Crippen LogP contribution is 2.11. The SMILES string of the molecule is C/C=c1/cncc/c1=C/CS(=O)(=O)N1CCCCNC[C@H]1C. The summed E-state index contributed by atoms with van der Waals surface area (Å²) in [6, 6.07) is 1.84. The molecule has 0 radical (unpaired) electrons. The summed E-state index contributed by atoms with van der Waals surface area (Å²) >= 11 is 0. The number of hydrogen-bond acceptors (Lipinski definition) is 4. The summed E-state index contributed by atoms with van der Waals surface area (Å²) < 4.78 is 27.0. The van der Waals surface area contributed by atoms with Gasteiger partial charge in [-0.25, -0.2) is 8.42 Å². The van der Waals surface area contributed by atoms with Gasteiger partial charge < -0.3 is 5.32 Å². The van der Waals surface area contributed by atoms with Crippen molar-refractivity contribution in [1.82, 2.24) is 14.6 Å². The maximum absolute atomic E-state index is 12.7. The van der Waals surface area contributed by atoms with E-state index in [-0.39, 0.29) is 11.8 Å². The van der Waals surface area contributed by atoms with E-state index in [9.17, 15) is 8.42 Å². The highest BCUT2D eigenvalue weighted by atomic mass is 32.2. The summed E-state index contributed by atoms with van der Waals surface area (Å²) in [7, 11) is -3.29. The number of pyridine rings is 1. The van der Waals surface area contributed by atoms with Crippen LogP contribution >= 0.6 is 0 Å². The number of nitrogens with zero attached hydrogens (tertiary/aromatic N) is 2. The molecule has 22 heavy (non-hydrogen) atoms. The van der Waals surface area contributed by atoms with Crippen LogP contribution in [-0.4, -0.2) is 49.1 Å². The Bertz CT molecular complexity index is 700. The average Bonchev–Trinajstić information content (AvgIpc) is 2.49. The molecule has 0 unspecified atom stereocenters. The van der Waals surface area contributed by atoms with Crippen molar-refractivity contribution in [2.24, 2.45) is 0 Å². The van der Waals surface area contributed by atoms with Crippen molar-refractivity contribution in [3.8, 4) is 0 Å². The van der Waals surface area contributed by atoms with Gasteiger partial charge in [-0.3, -0.25) is 4.98 Å². The van der Waals surface area contributed by atoms with E-state index < -0.39 is 10.0 Å². The van der Waals surface area contributed by atoms with E-state index in [1.54, 1.807) is 22.8 Å². The van der Waals surface area contributed by atoms with Crippen LogP contribution in [0.5, 0.6) is 0 Å². The summed E-state index contributed by atoms with van der Waals surface area (Å²) in [5.74, 6) is 0.0300. The number of hydrogen-bond donors (Lipinski definition) is 1. The number of sulfonamides is 1. The third-order valence-electron chi connectivity index (χ3n) is 3.98. The monoisotopic (exact) mass is 323 g/mol. The third kappa shape index (κ3) is 4.38. The van der Waals surface area contributed by atoms with E-state index in [0.29, 0.717) is 13.1 Å². The largest absolute Gasteiger partial charge is 0.315 e. The van der Waals surface area contributed by atoms with Crippen LogP contribution in [0.4, 0.5) is 0 Å². The summed E-state index contributed by atoms with van der Waals surface area (Å²) in [5.41, 5.74) is 0. The van der Waals surface area contributed by atoms with Gasteiger partial charge in [-0.2, -0.15) is 4.31 Å². The molecular weight excluding hydrogens is 298 g/mol. The first-order chi connectivity index (χ1) is 10.5. The van der Waals surface area contributed by atoms with Gasteiger partial charge in [0, 0.05) is 31.5 Å². The van der Waals surface area contributed by atoms with E-state index in [0.717, 1.165) is 29.8 Å². The fourth-order valence-electron chi connectivity index (χ4n) is 2.70. The molecular formula is C16H25N3O2S. The Labute approximate surface area is 132 Å². The summed E-state index contributed by atoms with van der Waals surface area (Å²) in [6.07, 6.45) is 9.08. The van der Waals surface area contributed by atoms with E-state index in [4.69, 9.17) is 0 Å². The first-order valence-electron chi connectivity index (χ1n) is 7.81. The highest BCUT2D eigenvalue weighted by Gasteiger charge is 2.26. The van der Waals surface area contributed by atoms with Gasteiger partial charge in [0.1, 0.15) is 0 Å². The minimum atomic E-state index is -3.29. The smallest absolute Gasteiger partial charge is 0.217 e. The maximum Gasteiger partial charge on any atom is 0.217 e. The predicted octanol–water partition coefficient (Wildman–Crippen LogP) is 0.0662. The molecule has 1 atom stereocenters. The zero-order valence-corrected chi connectivity index (χ0v) is 14.1. The van der Waals surface area contributed by atoms with Crippen LogP contribution in [0.1, 0.15) is 26.7 Å². The molecule has 1 aromatic heterocycles. The summed E-state index contributed by atoms with van der Waals surface area (Å²) in [5, 5.41) is 5.18. The molecule has 122 valence electrons. The van der Waals surface area contributed by atoms with Gasteiger partial charge in [-0.15, -0.1) is 0 Å². The van der Waals surface area contributed by atoms with Crippen molar-refractivity contribution in [2.45, 2.75) is 32.7 Å². The second kappa shape index (κ2) is 7.85. The molecule has 6 heteroatoms. The molecule has 1 aliphatic rings. The van der Waals surface area contributed by atoms with Crippen molar-refractivity contribution in [2.75, 3.05) is 25.4 Å². The lowest BCUT2D eigenvalue weighted by atomic mass is 10.2. The van der Waals surface area contributed by atoms with Crippen LogP contribution in [0.25, 0.3) is 12.2 Å². The van der Waals surface area contributed by atoms with Crippen LogP contribution in [0.2, 0.25) is 0 Å². The normalized spacial score (nSPS) is 23.3. The van der Waals surface area contributed by atoms with Gasteiger partial charge in [0.25, 0.3) is 0 Å². The van der Waals surface area contributed by atoms with Gasteiger partial charge in [0.15, 0.2) is 0 Å². The van der Waals surface area contributed by atoms with Gasteiger partial charge in [-0.1, -0.05) is 12.2 Å². The zero-order valence-electron chi connectivity index (χ0n) is 13.3. The van der Waals surface area contributed by atoms with E-state index in [1.807, 2.05) is 26.0 Å². The number of rotatable bonds is 3. The third-order valence-corrected chi connectivity index (χ3v) is 5.83. The first-order valence-corrected chi connectivity index (χ1v) is 9.42. The van der Waals surface area contributed by atoms with Gasteiger partial charge in [0.2, 0.25) is 10.0 Å². The molecule has 0 aromatic carbocycles. The molecule has 5 nitrogen and oxygen atoms in total. The van der Waals surface area contributed by atoms with Crippen LogP contribution in [0.15, 0.2) is 18.5 Å². The molecule has 0 spiro atoms. The Balaban J connectivity index is 2.23. The molecule has 1 saturated heterocycles. The Morgan fingerprint density at radius 2 is 2.23 bits per heavy atom. The van der Waals surface area contributed by atoms with Crippen molar-refractivity contribution < 1.29 is 8.42 Å². The van der Waals surface area contributed by atoms with E-state index >= 15 is 0 Å². The molecule has 0 amide bonds. The molecule has 2 rings (SSSR count). The molecule has 0 aliphatic carbocycles. The second-order valence-electron chi connectivity index (χ2n) is 5.65. The van der Waals surface area contributed by atoms with Crippen LogP contribution < -0.4 is 15.8 Å².